The number of hydrogen-bond acceptors (Lipinski definition) is 5. The van der Waals surface area contributed by atoms with Crippen LogP contribution >= 0.6 is 0 Å². The molecule has 0 aliphatic carbocycles. The van der Waals surface area contributed by atoms with Crippen LogP contribution in [-0.4, -0.2) is 41.3 Å². The normalized spacial score (nSPS) is 12.2. The Hall–Kier alpha value is -2.74. The van der Waals surface area contributed by atoms with E-state index in [2.05, 4.69) is 5.32 Å². The number of methoxy groups -OCH3 is 2. The molecule has 0 aromatic heterocycles. The van der Waals surface area contributed by atoms with Crippen LogP contribution in [0.3, 0.4) is 0 Å². The van der Waals surface area contributed by atoms with Gasteiger partial charge in [0.25, 0.3) is 0 Å². The van der Waals surface area contributed by atoms with Crippen molar-refractivity contribution >= 4 is 21.6 Å². The maximum Gasteiger partial charge on any atom is 0.241 e. The highest BCUT2D eigenvalue weighted by Crippen LogP contribution is 2.33. The van der Waals surface area contributed by atoms with E-state index in [9.17, 15) is 13.2 Å². The van der Waals surface area contributed by atoms with Crippen LogP contribution in [0.15, 0.2) is 42.5 Å². The van der Waals surface area contributed by atoms with Crippen molar-refractivity contribution in [3.63, 3.8) is 0 Å². The molecule has 1 amide bonds. The minimum Gasteiger partial charge on any atom is -0.497 e. The number of carbonyl (C=O) groups excluding carboxylic acids is 1. The van der Waals surface area contributed by atoms with Gasteiger partial charge in [0.2, 0.25) is 15.9 Å². The summed E-state index contributed by atoms with van der Waals surface area (Å²) < 4.78 is 36.1. The van der Waals surface area contributed by atoms with E-state index in [-0.39, 0.29) is 18.3 Å². The van der Waals surface area contributed by atoms with Gasteiger partial charge in [-0.2, -0.15) is 0 Å². The van der Waals surface area contributed by atoms with Crippen LogP contribution in [0.2, 0.25) is 0 Å². The molecule has 0 heterocycles. The number of aryl methyl sites for hydroxylation is 1. The van der Waals surface area contributed by atoms with Crippen molar-refractivity contribution < 1.29 is 22.7 Å². The standard InChI is InChI=1S/C20H26N2O5S/c1-14-6-8-16(9-7-14)15(2)21-20(23)13-22(28(5,24)25)18-11-10-17(26-3)12-19(18)27-4/h6-12,15H,13H2,1-5H3,(H,21,23)/t15-/m1/s1. The van der Waals surface area contributed by atoms with E-state index in [0.717, 1.165) is 21.7 Å². The molecule has 8 heteroatoms. The van der Waals surface area contributed by atoms with Crippen molar-refractivity contribution in [2.45, 2.75) is 19.9 Å². The van der Waals surface area contributed by atoms with Crippen LogP contribution in [0.4, 0.5) is 5.69 Å². The Kier molecular flexibility index (Phi) is 6.90. The SMILES string of the molecule is COc1ccc(N(CC(=O)N[C@H](C)c2ccc(C)cc2)S(C)(=O)=O)c(OC)c1. The third-order valence-electron chi connectivity index (χ3n) is 4.30. The molecular formula is C20H26N2O5S. The molecule has 0 aliphatic heterocycles. The number of rotatable bonds is 8. The molecule has 0 fully saturated rings. The molecular weight excluding hydrogens is 380 g/mol. The third kappa shape index (κ3) is 5.39. The third-order valence-corrected chi connectivity index (χ3v) is 5.42. The molecule has 0 saturated carbocycles. The predicted octanol–water partition coefficient (Wildman–Crippen LogP) is 2.66. The summed E-state index contributed by atoms with van der Waals surface area (Å²) in [6, 6.07) is 12.3. The number of anilines is 1. The van der Waals surface area contributed by atoms with Gasteiger partial charge in [-0.3, -0.25) is 9.10 Å². The Morgan fingerprint density at radius 1 is 1.11 bits per heavy atom. The fourth-order valence-electron chi connectivity index (χ4n) is 2.73. The first-order valence-electron chi connectivity index (χ1n) is 8.71. The van der Waals surface area contributed by atoms with E-state index in [1.54, 1.807) is 18.2 Å². The highest BCUT2D eigenvalue weighted by Gasteiger charge is 2.25. The zero-order valence-corrected chi connectivity index (χ0v) is 17.5. The number of amides is 1. The van der Waals surface area contributed by atoms with E-state index >= 15 is 0 Å². The molecule has 0 unspecified atom stereocenters. The highest BCUT2D eigenvalue weighted by molar-refractivity contribution is 7.92. The lowest BCUT2D eigenvalue weighted by atomic mass is 10.1. The van der Waals surface area contributed by atoms with Gasteiger partial charge in [0.15, 0.2) is 0 Å². The summed E-state index contributed by atoms with van der Waals surface area (Å²) in [4.78, 5) is 12.6. The van der Waals surface area contributed by atoms with Crippen molar-refractivity contribution in [1.82, 2.24) is 5.32 Å². The molecule has 0 saturated heterocycles. The van der Waals surface area contributed by atoms with Crippen LogP contribution in [0, 0.1) is 6.92 Å². The summed E-state index contributed by atoms with van der Waals surface area (Å²) in [5.74, 6) is 0.395. The van der Waals surface area contributed by atoms with Gasteiger partial charge < -0.3 is 14.8 Å². The molecule has 1 N–H and O–H groups in total. The number of carbonyl (C=O) groups is 1. The average molecular weight is 407 g/mol. The lowest BCUT2D eigenvalue weighted by molar-refractivity contribution is -0.120. The molecule has 2 rings (SSSR count). The van der Waals surface area contributed by atoms with E-state index < -0.39 is 15.9 Å². The van der Waals surface area contributed by atoms with Gasteiger partial charge in [-0.15, -0.1) is 0 Å². The summed E-state index contributed by atoms with van der Waals surface area (Å²) in [5, 5.41) is 2.84. The monoisotopic (exact) mass is 406 g/mol. The second-order valence-electron chi connectivity index (χ2n) is 6.51. The van der Waals surface area contributed by atoms with Gasteiger partial charge >= 0.3 is 0 Å². The highest BCUT2D eigenvalue weighted by atomic mass is 32.2. The molecule has 28 heavy (non-hydrogen) atoms. The Morgan fingerprint density at radius 2 is 1.75 bits per heavy atom. The number of nitrogens with zero attached hydrogens (tertiary/aromatic N) is 1. The number of benzene rings is 2. The predicted molar refractivity (Wildman–Crippen MR) is 109 cm³/mol. The number of nitrogens with one attached hydrogen (secondary N) is 1. The van der Waals surface area contributed by atoms with E-state index in [0.29, 0.717) is 11.5 Å². The molecule has 2 aromatic carbocycles. The van der Waals surface area contributed by atoms with Gasteiger partial charge in [0.1, 0.15) is 18.0 Å². The van der Waals surface area contributed by atoms with Crippen LogP contribution in [0.1, 0.15) is 24.1 Å². The molecule has 152 valence electrons. The van der Waals surface area contributed by atoms with Crippen LogP contribution in [0.5, 0.6) is 11.5 Å². The first-order chi connectivity index (χ1) is 13.2. The zero-order chi connectivity index (χ0) is 20.9. The number of sulfonamides is 1. The second kappa shape index (κ2) is 8.97. The van der Waals surface area contributed by atoms with E-state index in [1.165, 1.54) is 14.2 Å². The van der Waals surface area contributed by atoms with Crippen LogP contribution in [0.25, 0.3) is 0 Å². The van der Waals surface area contributed by atoms with Crippen molar-refractivity contribution in [2.75, 3.05) is 31.3 Å². The second-order valence-corrected chi connectivity index (χ2v) is 8.41. The first kappa shape index (κ1) is 21.6. The topological polar surface area (TPSA) is 84.9 Å². The minimum atomic E-state index is -3.72. The number of ether oxygens (including phenoxy) is 2. The maximum absolute atomic E-state index is 12.6. The molecule has 0 bridgehead atoms. The quantitative estimate of drug-likeness (QED) is 0.729. The fraction of sp³-hybridized carbons (Fsp3) is 0.350. The molecule has 2 aromatic rings. The largest absolute Gasteiger partial charge is 0.497 e. The number of hydrogen-bond donors (Lipinski definition) is 1. The summed E-state index contributed by atoms with van der Waals surface area (Å²) in [7, 11) is -0.788. The fourth-order valence-corrected chi connectivity index (χ4v) is 3.59. The molecule has 0 aliphatic rings. The maximum atomic E-state index is 12.6. The summed E-state index contributed by atoms with van der Waals surface area (Å²) in [6.45, 7) is 3.47. The van der Waals surface area contributed by atoms with E-state index in [1.807, 2.05) is 38.1 Å². The molecule has 0 radical (unpaired) electrons. The lowest BCUT2D eigenvalue weighted by Crippen LogP contribution is -2.41. The Balaban J connectivity index is 2.23. The lowest BCUT2D eigenvalue weighted by Gasteiger charge is -2.25. The Labute approximate surface area is 166 Å². The average Bonchev–Trinajstić information content (AvgIpc) is 2.65. The summed E-state index contributed by atoms with van der Waals surface area (Å²) in [6.07, 6.45) is 1.05. The van der Waals surface area contributed by atoms with Gasteiger partial charge in [0.05, 0.1) is 32.2 Å². The summed E-state index contributed by atoms with van der Waals surface area (Å²) >= 11 is 0. The molecule has 1 atom stereocenters. The molecule has 0 spiro atoms. The zero-order valence-electron chi connectivity index (χ0n) is 16.7. The van der Waals surface area contributed by atoms with Crippen molar-refractivity contribution in [3.05, 3.63) is 53.6 Å². The van der Waals surface area contributed by atoms with Gasteiger partial charge in [-0.05, 0) is 31.5 Å². The smallest absolute Gasteiger partial charge is 0.241 e. The van der Waals surface area contributed by atoms with Crippen molar-refractivity contribution in [3.8, 4) is 11.5 Å². The van der Waals surface area contributed by atoms with E-state index in [4.69, 9.17) is 9.47 Å². The summed E-state index contributed by atoms with van der Waals surface area (Å²) in [5.41, 5.74) is 2.33. The minimum absolute atomic E-state index is 0.257. The first-order valence-corrected chi connectivity index (χ1v) is 10.6. The Morgan fingerprint density at radius 3 is 2.29 bits per heavy atom. The molecule has 7 nitrogen and oxygen atoms in total. The van der Waals surface area contributed by atoms with Gasteiger partial charge in [-0.25, -0.2) is 8.42 Å². The van der Waals surface area contributed by atoms with Crippen LogP contribution < -0.4 is 19.1 Å². The van der Waals surface area contributed by atoms with Crippen molar-refractivity contribution in [1.29, 1.82) is 0 Å². The van der Waals surface area contributed by atoms with Crippen LogP contribution in [-0.2, 0) is 14.8 Å². The van der Waals surface area contributed by atoms with Gasteiger partial charge in [0, 0.05) is 6.07 Å². The van der Waals surface area contributed by atoms with Gasteiger partial charge in [-0.1, -0.05) is 29.8 Å². The Bertz CT molecular complexity index is 926. The van der Waals surface area contributed by atoms with Crippen molar-refractivity contribution in [2.24, 2.45) is 0 Å².